The normalized spacial score (nSPS) is 10.8. The van der Waals surface area contributed by atoms with Gasteiger partial charge in [-0.3, -0.25) is 9.89 Å². The topological polar surface area (TPSA) is 99.2 Å². The number of aliphatic carboxylic acids is 1. The third-order valence-corrected chi connectivity index (χ3v) is 3.35. The summed E-state index contributed by atoms with van der Waals surface area (Å²) >= 11 is 1.31. The van der Waals surface area contributed by atoms with Gasteiger partial charge in [-0.2, -0.15) is 5.10 Å². The number of aromatic amines is 1. The zero-order chi connectivity index (χ0) is 14.5. The summed E-state index contributed by atoms with van der Waals surface area (Å²) in [6.45, 7) is 0.328. The summed E-state index contributed by atoms with van der Waals surface area (Å²) in [6.07, 6.45) is 3.88. The van der Waals surface area contributed by atoms with Crippen molar-refractivity contribution in [3.63, 3.8) is 0 Å². The predicted octanol–water partition coefficient (Wildman–Crippen LogP) is 1.24. The number of carbonyl (C=O) groups is 2. The van der Waals surface area contributed by atoms with Crippen molar-refractivity contribution in [1.82, 2.24) is 20.1 Å². The van der Waals surface area contributed by atoms with Crippen LogP contribution in [0.1, 0.15) is 21.1 Å². The molecule has 7 nitrogen and oxygen atoms in total. The van der Waals surface area contributed by atoms with Crippen LogP contribution >= 0.6 is 11.3 Å². The third kappa shape index (κ3) is 3.51. The number of carbonyl (C=O) groups excluding carboxylic acids is 1. The van der Waals surface area contributed by atoms with Crippen molar-refractivity contribution in [2.45, 2.75) is 6.54 Å². The molecule has 0 bridgehead atoms. The first-order chi connectivity index (χ1) is 9.56. The van der Waals surface area contributed by atoms with Crippen LogP contribution in [-0.2, 0) is 11.3 Å². The molecular formula is C12H12N4O3S. The van der Waals surface area contributed by atoms with Gasteiger partial charge < -0.3 is 10.0 Å². The number of carboxylic acid groups (broad SMARTS) is 1. The molecular weight excluding hydrogens is 280 g/mol. The van der Waals surface area contributed by atoms with E-state index in [0.717, 1.165) is 6.08 Å². The first kappa shape index (κ1) is 13.9. The number of hydrogen-bond acceptors (Lipinski definition) is 5. The molecule has 0 aliphatic carbocycles. The maximum Gasteiger partial charge on any atom is 0.328 e. The second-order valence-electron chi connectivity index (χ2n) is 4.00. The molecule has 2 aromatic heterocycles. The lowest BCUT2D eigenvalue weighted by molar-refractivity contribution is -0.131. The average Bonchev–Trinajstić information content (AvgIpc) is 3.06. The number of nitrogens with zero attached hydrogens (tertiary/aromatic N) is 3. The van der Waals surface area contributed by atoms with Crippen molar-refractivity contribution in [3.05, 3.63) is 40.1 Å². The van der Waals surface area contributed by atoms with Crippen LogP contribution in [0.3, 0.4) is 0 Å². The fraction of sp³-hybridized carbons (Fsp3) is 0.167. The third-order valence-electron chi connectivity index (χ3n) is 2.46. The lowest BCUT2D eigenvalue weighted by Gasteiger charge is -2.14. The molecule has 0 unspecified atom stereocenters. The summed E-state index contributed by atoms with van der Waals surface area (Å²) in [5, 5.41) is 16.6. The van der Waals surface area contributed by atoms with Gasteiger partial charge in [0, 0.05) is 23.4 Å². The highest BCUT2D eigenvalue weighted by molar-refractivity contribution is 7.11. The minimum atomic E-state index is -1.02. The molecule has 0 saturated heterocycles. The monoisotopic (exact) mass is 292 g/mol. The zero-order valence-corrected chi connectivity index (χ0v) is 11.4. The molecule has 2 rings (SSSR count). The van der Waals surface area contributed by atoms with Gasteiger partial charge in [-0.1, -0.05) is 0 Å². The maximum absolute atomic E-state index is 12.2. The maximum atomic E-state index is 12.2. The molecule has 104 valence electrons. The zero-order valence-electron chi connectivity index (χ0n) is 10.6. The smallest absolute Gasteiger partial charge is 0.328 e. The van der Waals surface area contributed by atoms with Crippen LogP contribution in [-0.4, -0.2) is 44.1 Å². The lowest BCUT2D eigenvalue weighted by atomic mass is 10.2. The first-order valence-electron chi connectivity index (χ1n) is 5.65. The van der Waals surface area contributed by atoms with Gasteiger partial charge in [0.25, 0.3) is 5.91 Å². The van der Waals surface area contributed by atoms with E-state index in [0.29, 0.717) is 22.8 Å². The Bertz CT molecular complexity index is 633. The van der Waals surface area contributed by atoms with Gasteiger partial charge in [0.05, 0.1) is 12.1 Å². The quantitative estimate of drug-likeness (QED) is 0.808. The summed E-state index contributed by atoms with van der Waals surface area (Å²) in [4.78, 5) is 28.7. The molecule has 2 aromatic rings. The van der Waals surface area contributed by atoms with Gasteiger partial charge >= 0.3 is 5.97 Å². The van der Waals surface area contributed by atoms with Crippen molar-refractivity contribution < 1.29 is 14.7 Å². The van der Waals surface area contributed by atoms with Crippen LogP contribution in [0.2, 0.25) is 0 Å². The molecule has 8 heteroatoms. The lowest BCUT2D eigenvalue weighted by Crippen LogP contribution is -2.26. The molecule has 0 atom stereocenters. The van der Waals surface area contributed by atoms with Crippen LogP contribution < -0.4 is 0 Å². The Balaban J connectivity index is 2.03. The molecule has 1 amide bonds. The predicted molar refractivity (Wildman–Crippen MR) is 73.2 cm³/mol. The van der Waals surface area contributed by atoms with Gasteiger partial charge in [-0.15, -0.1) is 11.3 Å². The van der Waals surface area contributed by atoms with E-state index in [2.05, 4.69) is 15.2 Å². The number of hydrogen-bond donors (Lipinski definition) is 2. The number of nitrogens with one attached hydrogen (secondary N) is 1. The van der Waals surface area contributed by atoms with E-state index < -0.39 is 5.97 Å². The average molecular weight is 292 g/mol. The van der Waals surface area contributed by atoms with E-state index >= 15 is 0 Å². The van der Waals surface area contributed by atoms with Crippen LogP contribution in [0.25, 0.3) is 6.08 Å². The molecule has 20 heavy (non-hydrogen) atoms. The highest BCUT2D eigenvalue weighted by atomic mass is 32.1. The van der Waals surface area contributed by atoms with Gasteiger partial charge in [0.2, 0.25) is 0 Å². The minimum Gasteiger partial charge on any atom is -0.478 e. The standard InChI is InChI=1S/C12H12N4O3S/c1-16(5-10-13-7-14-15-10)12(19)8-4-9(20-6-8)2-3-11(17)18/h2-4,6-7H,5H2,1H3,(H,17,18)(H,13,14,15). The summed E-state index contributed by atoms with van der Waals surface area (Å²) < 4.78 is 0. The van der Waals surface area contributed by atoms with E-state index in [1.165, 1.54) is 28.6 Å². The fourth-order valence-electron chi connectivity index (χ4n) is 1.53. The number of thiophene rings is 1. The van der Waals surface area contributed by atoms with Gasteiger partial charge in [-0.05, 0) is 12.1 Å². The molecule has 2 heterocycles. The van der Waals surface area contributed by atoms with E-state index in [1.807, 2.05) is 0 Å². The highest BCUT2D eigenvalue weighted by Gasteiger charge is 2.14. The summed E-state index contributed by atoms with van der Waals surface area (Å²) in [7, 11) is 1.66. The highest BCUT2D eigenvalue weighted by Crippen LogP contribution is 2.18. The fourth-order valence-corrected chi connectivity index (χ4v) is 2.30. The van der Waals surface area contributed by atoms with Gasteiger partial charge in [-0.25, -0.2) is 9.78 Å². The largest absolute Gasteiger partial charge is 0.478 e. The Kier molecular flexibility index (Phi) is 4.26. The van der Waals surface area contributed by atoms with Crippen LogP contribution in [0.4, 0.5) is 0 Å². The van der Waals surface area contributed by atoms with E-state index in [9.17, 15) is 9.59 Å². The van der Waals surface area contributed by atoms with Crippen molar-refractivity contribution in [1.29, 1.82) is 0 Å². The molecule has 0 aliphatic heterocycles. The Morgan fingerprint density at radius 1 is 1.55 bits per heavy atom. The number of amides is 1. The Morgan fingerprint density at radius 2 is 2.35 bits per heavy atom. The summed E-state index contributed by atoms with van der Waals surface area (Å²) in [5.41, 5.74) is 0.516. The second-order valence-corrected chi connectivity index (χ2v) is 4.95. The van der Waals surface area contributed by atoms with Crippen molar-refractivity contribution in [2.24, 2.45) is 0 Å². The molecule has 0 aromatic carbocycles. The van der Waals surface area contributed by atoms with E-state index in [1.54, 1.807) is 18.5 Å². The van der Waals surface area contributed by atoms with Crippen LogP contribution in [0.5, 0.6) is 0 Å². The van der Waals surface area contributed by atoms with Crippen molar-refractivity contribution in [3.8, 4) is 0 Å². The minimum absolute atomic E-state index is 0.160. The number of rotatable bonds is 5. The van der Waals surface area contributed by atoms with Crippen molar-refractivity contribution >= 4 is 29.3 Å². The number of aromatic nitrogens is 3. The SMILES string of the molecule is CN(Cc1ncn[nH]1)C(=O)c1csc(C=CC(=O)O)c1. The molecule has 0 saturated carbocycles. The Labute approximate surface area is 118 Å². The molecule has 0 aliphatic rings. The Morgan fingerprint density at radius 3 is 3.00 bits per heavy atom. The summed E-state index contributed by atoms with van der Waals surface area (Å²) in [5.74, 6) is -0.580. The van der Waals surface area contributed by atoms with Gasteiger partial charge in [0.1, 0.15) is 12.2 Å². The number of H-pyrrole nitrogens is 1. The molecule has 0 spiro atoms. The van der Waals surface area contributed by atoms with Crippen LogP contribution in [0, 0.1) is 0 Å². The number of carboxylic acids is 1. The van der Waals surface area contributed by atoms with E-state index in [-0.39, 0.29) is 5.91 Å². The summed E-state index contributed by atoms with van der Waals surface area (Å²) in [6, 6.07) is 1.66. The van der Waals surface area contributed by atoms with Gasteiger partial charge in [0.15, 0.2) is 0 Å². The second kappa shape index (κ2) is 6.11. The Hall–Kier alpha value is -2.48. The molecule has 0 radical (unpaired) electrons. The van der Waals surface area contributed by atoms with E-state index in [4.69, 9.17) is 5.11 Å². The molecule has 2 N–H and O–H groups in total. The molecule has 0 fully saturated rings. The van der Waals surface area contributed by atoms with Crippen LogP contribution in [0.15, 0.2) is 23.8 Å². The first-order valence-corrected chi connectivity index (χ1v) is 6.53. The van der Waals surface area contributed by atoms with Crippen molar-refractivity contribution in [2.75, 3.05) is 7.05 Å².